The number of carbonyl (C=O) groups is 1. The Balaban J connectivity index is 0.000000108. The minimum Gasteiger partial charge on any atom is -0.461 e. The fraction of sp³-hybridized carbons (Fsp3) is 0.0215. The topological polar surface area (TPSA) is 383 Å². The van der Waals surface area contributed by atoms with E-state index in [4.69, 9.17) is 96.1 Å². The zero-order chi connectivity index (χ0) is 94.9. The number of halogens is 6. The van der Waals surface area contributed by atoms with E-state index in [1.165, 1.54) is 100 Å². The summed E-state index contributed by atoms with van der Waals surface area (Å²) in [6.07, 6.45) is 20.8. The number of hydrogen-bond donors (Lipinski definition) is 0. The number of nitrogens with zero attached hydrogens (tertiary/aromatic N) is 19. The molecule has 0 unspecified atom stereocenters. The third-order valence-corrected chi connectivity index (χ3v) is 26.0. The maximum absolute atomic E-state index is 12.4. The van der Waals surface area contributed by atoms with Gasteiger partial charge in [-0.15, -0.1) is 30.6 Å². The highest BCUT2D eigenvalue weighted by molar-refractivity contribution is 7.16. The van der Waals surface area contributed by atoms with Crippen molar-refractivity contribution < 1.29 is 31.3 Å². The second-order valence-electron chi connectivity index (χ2n) is 28.5. The van der Waals surface area contributed by atoms with Gasteiger partial charge in [-0.05, 0) is 215 Å². The lowest BCUT2D eigenvalue weighted by Gasteiger charge is -1.93. The minimum atomic E-state index is -0.194. The van der Waals surface area contributed by atoms with Crippen molar-refractivity contribution >= 4 is 210 Å². The lowest BCUT2D eigenvalue weighted by Crippen LogP contribution is -2.23. The van der Waals surface area contributed by atoms with Gasteiger partial charge in [0.2, 0.25) is 71.1 Å². The maximum Gasteiger partial charge on any atom is 0.291 e. The molecule has 0 spiro atoms. The molecule has 24 aromatic rings. The van der Waals surface area contributed by atoms with Crippen molar-refractivity contribution in [2.75, 3.05) is 14.1 Å². The predicted molar refractivity (Wildman–Crippen MR) is 530 cm³/mol. The van der Waals surface area contributed by atoms with Crippen LogP contribution in [-0.2, 0) is 4.79 Å². The van der Waals surface area contributed by atoms with Gasteiger partial charge in [-0.25, -0.2) is 0 Å². The van der Waals surface area contributed by atoms with Crippen molar-refractivity contribution in [3.05, 3.63) is 409 Å². The molecule has 6 aromatic carbocycles. The van der Waals surface area contributed by atoms with E-state index in [1.807, 2.05) is 72.8 Å². The van der Waals surface area contributed by atoms with Crippen molar-refractivity contribution in [2.24, 2.45) is 0 Å². The Bertz CT molecular complexity index is 7780. The smallest absolute Gasteiger partial charge is 0.291 e. The van der Waals surface area contributed by atoms with E-state index in [-0.39, 0.29) is 33.4 Å². The molecule has 24 rings (SSSR count). The molecule has 0 saturated heterocycles. The largest absolute Gasteiger partial charge is 0.461 e. The number of thiazole rings is 6. The molecule has 0 saturated carbocycles. The van der Waals surface area contributed by atoms with Crippen LogP contribution < -0.4 is 60.5 Å². The zero-order valence-electron chi connectivity index (χ0n) is 69.8. The molecule has 0 bridgehead atoms. The van der Waals surface area contributed by atoms with Crippen LogP contribution in [0.3, 0.4) is 0 Å². The molecular weight excluding hydrogens is 2000 g/mol. The SMILES string of the molecule is CN(C)C=O.O=c1/c(=C/c2ccc(Cl)cc2)sc2nc(-c3ccco3)nn12.O=c1/c(=C/c2ccc(Cl)cc2)sc2nc(-c3ccco3)nn12.O=c1/c(=C/c2ccc(Cl)cc2)sc2nc(-c3ccco3)nn12.O=c1/c(=C/c2ccc(Cl)cc2)sc2nc(-c3ccco3)nn12.O=c1/c(=C/c2ccc(Cl)cc2)sc2nc(-c3ccco3)nn12.O=c1/c(=C/c2ccc(Cl)cc2)sc2nc(-c3ccco3)nn12. The number of carbonyl (C=O) groups excluding carboxylic acids is 1. The quantitative estimate of drug-likeness (QED) is 0.0967. The molecule has 137 heavy (non-hydrogen) atoms. The van der Waals surface area contributed by atoms with Gasteiger partial charge in [-0.1, -0.05) is 210 Å². The predicted octanol–water partition coefficient (Wildman–Crippen LogP) is 15.4. The summed E-state index contributed by atoms with van der Waals surface area (Å²) in [6, 6.07) is 64.7. The summed E-state index contributed by atoms with van der Waals surface area (Å²) < 4.78 is 42.6. The second kappa shape index (κ2) is 41.4. The van der Waals surface area contributed by atoms with Crippen LogP contribution in [0.5, 0.6) is 0 Å². The molecule has 0 radical (unpaired) electrons. The first-order valence-electron chi connectivity index (χ1n) is 39.9. The summed E-state index contributed by atoms with van der Waals surface area (Å²) in [4.78, 5) is 114. The lowest BCUT2D eigenvalue weighted by atomic mass is 10.2. The third kappa shape index (κ3) is 21.6. The number of amides is 1. The first-order chi connectivity index (χ1) is 66.5. The highest BCUT2D eigenvalue weighted by Crippen LogP contribution is 2.25. The normalized spacial score (nSPS) is 12.1. The number of rotatable bonds is 13. The van der Waals surface area contributed by atoms with Crippen LogP contribution in [0, 0.1) is 0 Å². The molecule has 678 valence electrons. The molecule has 0 fully saturated rings. The summed E-state index contributed by atoms with van der Waals surface area (Å²) in [5.41, 5.74) is 4.24. The van der Waals surface area contributed by atoms with E-state index in [0.717, 1.165) is 39.8 Å². The summed E-state index contributed by atoms with van der Waals surface area (Å²) in [5.74, 6) is 5.69. The minimum absolute atomic E-state index is 0.194. The molecule has 0 N–H and O–H groups in total. The number of hydrogen-bond acceptors (Lipinski definition) is 31. The van der Waals surface area contributed by atoms with Gasteiger partial charge in [0.15, 0.2) is 34.6 Å². The molecule has 32 nitrogen and oxygen atoms in total. The van der Waals surface area contributed by atoms with Gasteiger partial charge in [0.05, 0.1) is 64.8 Å². The van der Waals surface area contributed by atoms with E-state index in [2.05, 4.69) is 60.5 Å². The molecule has 0 atom stereocenters. The number of furan rings is 6. The Morgan fingerprint density at radius 3 is 0.489 bits per heavy atom. The van der Waals surface area contributed by atoms with Gasteiger partial charge in [-0.2, -0.15) is 57.0 Å². The molecule has 1 amide bonds. The van der Waals surface area contributed by atoms with Gasteiger partial charge in [0.25, 0.3) is 33.4 Å². The summed E-state index contributed by atoms with van der Waals surface area (Å²) in [5, 5.41) is 29.1. The van der Waals surface area contributed by atoms with Crippen molar-refractivity contribution in [1.82, 2.24) is 92.5 Å². The first-order valence-corrected chi connectivity index (χ1v) is 47.0. The van der Waals surface area contributed by atoms with Crippen LogP contribution >= 0.6 is 138 Å². The van der Waals surface area contributed by atoms with Crippen molar-refractivity contribution in [3.63, 3.8) is 0 Å². The summed E-state index contributed by atoms with van der Waals surface area (Å²) >= 11 is 42.8. The highest BCUT2D eigenvalue weighted by Gasteiger charge is 2.21. The van der Waals surface area contributed by atoms with Gasteiger partial charge in [0.1, 0.15) is 0 Å². The van der Waals surface area contributed by atoms with Crippen LogP contribution in [0.15, 0.2) is 311 Å². The van der Waals surface area contributed by atoms with Crippen LogP contribution in [0.1, 0.15) is 33.4 Å². The van der Waals surface area contributed by atoms with Crippen LogP contribution in [-0.4, -0.2) is 113 Å². The van der Waals surface area contributed by atoms with Crippen LogP contribution in [0.25, 0.3) is 136 Å². The Morgan fingerprint density at radius 2 is 0.380 bits per heavy atom. The Kier molecular flexibility index (Phi) is 27.9. The van der Waals surface area contributed by atoms with Crippen molar-refractivity contribution in [3.8, 4) is 69.5 Å². The number of aromatic nitrogens is 18. The standard InChI is InChI=1S/6C15H8ClN3O2S.C3H7NO/c6*16-10-5-3-9(4-6-10)8-12-14(20)19-15(22-12)17-13(18-19)11-2-1-7-21-11;1-4(2)3-5/h6*1-8H;3H,1-2H3/b6*12-8-;. The summed E-state index contributed by atoms with van der Waals surface area (Å²) in [7, 11) is 3.38. The summed E-state index contributed by atoms with van der Waals surface area (Å²) in [6.45, 7) is 0. The van der Waals surface area contributed by atoms with Gasteiger partial charge < -0.3 is 31.4 Å². The molecule has 0 aliphatic heterocycles. The average Bonchev–Trinajstić information content (AvgIpc) is 1.65. The maximum atomic E-state index is 12.4. The van der Waals surface area contributed by atoms with Crippen LogP contribution in [0.4, 0.5) is 0 Å². The molecular formula is C93H55Cl6N19O13S6. The molecule has 44 heteroatoms. The first kappa shape index (κ1) is 92.3. The zero-order valence-corrected chi connectivity index (χ0v) is 79.2. The fourth-order valence-corrected chi connectivity index (χ4v) is 18.5. The number of fused-ring (bicyclic) bond motifs is 6. The molecule has 18 aromatic heterocycles. The van der Waals surface area contributed by atoms with E-state index in [9.17, 15) is 33.6 Å². The fourth-order valence-electron chi connectivity index (χ4n) is 12.3. The number of benzene rings is 6. The Labute approximate surface area is 819 Å². The second-order valence-corrected chi connectivity index (χ2v) is 37.2. The van der Waals surface area contributed by atoms with Crippen molar-refractivity contribution in [2.45, 2.75) is 0 Å². The monoisotopic (exact) mass is 2050 g/mol. The van der Waals surface area contributed by atoms with Crippen LogP contribution in [0.2, 0.25) is 30.1 Å². The Morgan fingerprint density at radius 1 is 0.241 bits per heavy atom. The molecule has 0 aliphatic rings. The van der Waals surface area contributed by atoms with Gasteiger partial charge in [-0.3, -0.25) is 33.6 Å². The third-order valence-electron chi connectivity index (χ3n) is 18.8. The lowest BCUT2D eigenvalue weighted by molar-refractivity contribution is -0.115. The van der Waals surface area contributed by atoms with E-state index in [0.29, 0.717) is 157 Å². The van der Waals surface area contributed by atoms with Crippen molar-refractivity contribution in [1.29, 1.82) is 0 Å². The van der Waals surface area contributed by atoms with Gasteiger partial charge >= 0.3 is 0 Å². The highest BCUT2D eigenvalue weighted by atomic mass is 35.5. The average molecular weight is 2050 g/mol. The van der Waals surface area contributed by atoms with E-state index in [1.54, 1.807) is 234 Å². The Hall–Kier alpha value is -15.2. The van der Waals surface area contributed by atoms with Gasteiger partial charge in [0, 0.05) is 44.2 Å². The molecule has 0 aliphatic carbocycles. The van der Waals surface area contributed by atoms with E-state index >= 15 is 0 Å². The van der Waals surface area contributed by atoms with E-state index < -0.39 is 0 Å². The molecule has 18 heterocycles.